The predicted octanol–water partition coefficient (Wildman–Crippen LogP) is 0.498. The zero-order chi connectivity index (χ0) is 9.30. The van der Waals surface area contributed by atoms with E-state index in [2.05, 4.69) is 0 Å². The molecule has 7 heteroatoms. The number of benzene rings is 1. The van der Waals surface area contributed by atoms with Gasteiger partial charge in [-0.05, 0) is 12.1 Å². The Hall–Kier alpha value is -0.409. The van der Waals surface area contributed by atoms with Gasteiger partial charge in [-0.1, -0.05) is 0 Å². The average Bonchev–Trinajstić information content (AvgIpc) is 1.99. The summed E-state index contributed by atoms with van der Waals surface area (Å²) in [5.41, 5.74) is -0.289. The van der Waals surface area contributed by atoms with Gasteiger partial charge in [-0.3, -0.25) is 4.70 Å². The van der Waals surface area contributed by atoms with Gasteiger partial charge in [0, 0.05) is 0 Å². The third kappa shape index (κ3) is 3.39. The van der Waals surface area contributed by atoms with Crippen molar-refractivity contribution >= 4 is 54.9 Å². The summed E-state index contributed by atoms with van der Waals surface area (Å²) >= 11 is 0. The number of hydrogen-bond donors (Lipinski definition) is 4. The molecule has 76 valence electrons. The standard InChI is InChI=1S/C7H6O5.Ba.FH.2H/c8-4-1-3(7(11)12)2-5(9)6(4)10;;;;/h1-2,8-10H,(H,11,12);;1H;;/q;+2;;2*-1. The van der Waals surface area contributed by atoms with Crippen molar-refractivity contribution in [2.45, 2.75) is 0 Å². The Morgan fingerprint density at radius 2 is 1.50 bits per heavy atom. The van der Waals surface area contributed by atoms with Crippen LogP contribution in [-0.2, 0) is 0 Å². The second-order valence-corrected chi connectivity index (χ2v) is 2.17. The zero-order valence-electron chi connectivity index (χ0n) is 8.97. The molecule has 1 aromatic rings. The van der Waals surface area contributed by atoms with Crippen molar-refractivity contribution in [1.82, 2.24) is 0 Å². The number of carboxylic acids is 1. The summed E-state index contributed by atoms with van der Waals surface area (Å²) in [5.74, 6) is -3.33. The largest absolute Gasteiger partial charge is 2.00 e. The molecule has 0 amide bonds. The first kappa shape index (κ1) is 16.0. The smallest absolute Gasteiger partial charge is 1.00 e. The monoisotopic (exact) mass is 330 g/mol. The van der Waals surface area contributed by atoms with Crippen LogP contribution in [0.15, 0.2) is 12.1 Å². The van der Waals surface area contributed by atoms with Crippen LogP contribution >= 0.6 is 0 Å². The summed E-state index contributed by atoms with van der Waals surface area (Å²) < 4.78 is 0. The zero-order valence-corrected chi connectivity index (χ0v) is 11.4. The van der Waals surface area contributed by atoms with Gasteiger partial charge in [-0.25, -0.2) is 4.79 Å². The van der Waals surface area contributed by atoms with E-state index in [1.807, 2.05) is 0 Å². The summed E-state index contributed by atoms with van der Waals surface area (Å²) in [6.07, 6.45) is 0. The average molecular weight is 329 g/mol. The Kier molecular flexibility index (Phi) is 7.04. The van der Waals surface area contributed by atoms with Crippen LogP contribution in [0.5, 0.6) is 17.2 Å². The third-order valence-electron chi connectivity index (χ3n) is 1.32. The molecule has 0 saturated carbocycles. The van der Waals surface area contributed by atoms with Crippen LogP contribution in [0.2, 0.25) is 0 Å². The van der Waals surface area contributed by atoms with Crippen LogP contribution in [0.1, 0.15) is 13.2 Å². The Bertz CT molecular complexity index is 327. The van der Waals surface area contributed by atoms with Gasteiger partial charge in [0.25, 0.3) is 0 Å². The number of phenols is 3. The minimum absolute atomic E-state index is 0. The second kappa shape index (κ2) is 6.15. The van der Waals surface area contributed by atoms with Crippen LogP contribution < -0.4 is 0 Å². The molecule has 5 nitrogen and oxygen atoms in total. The molecule has 4 N–H and O–H groups in total. The normalized spacial score (nSPS) is 8.29. The Morgan fingerprint density at radius 3 is 1.79 bits per heavy atom. The summed E-state index contributed by atoms with van der Waals surface area (Å²) in [5, 5.41) is 35.0. The van der Waals surface area contributed by atoms with Crippen LogP contribution in [0, 0.1) is 0 Å². The summed E-state index contributed by atoms with van der Waals surface area (Å²) in [6.45, 7) is 0. The van der Waals surface area contributed by atoms with Crippen molar-refractivity contribution in [2.24, 2.45) is 0 Å². The summed E-state index contributed by atoms with van der Waals surface area (Å²) in [7, 11) is 0. The molecule has 0 aliphatic rings. The molecule has 1 aromatic carbocycles. The summed E-state index contributed by atoms with van der Waals surface area (Å²) in [6, 6.07) is 1.69. The SMILES string of the molecule is F.O=C(O)c1cc(O)c(O)c(O)c1.[Ba+2].[H-].[H-]. The van der Waals surface area contributed by atoms with Gasteiger partial charge < -0.3 is 23.3 Å². The van der Waals surface area contributed by atoms with Gasteiger partial charge in [0.05, 0.1) is 5.56 Å². The van der Waals surface area contributed by atoms with E-state index in [0.29, 0.717) is 0 Å². The van der Waals surface area contributed by atoms with E-state index < -0.39 is 23.2 Å². The van der Waals surface area contributed by atoms with Crippen molar-refractivity contribution in [3.63, 3.8) is 0 Å². The van der Waals surface area contributed by atoms with E-state index in [9.17, 15) is 4.79 Å². The van der Waals surface area contributed by atoms with Gasteiger partial charge in [-0.15, -0.1) is 0 Å². The minimum Gasteiger partial charge on any atom is -1.00 e. The Morgan fingerprint density at radius 1 is 1.14 bits per heavy atom. The molecule has 0 aliphatic carbocycles. The molecular formula is C7H9BaFO5. The molecule has 0 radical (unpaired) electrons. The molecule has 0 aliphatic heterocycles. The maximum Gasteiger partial charge on any atom is 2.00 e. The van der Waals surface area contributed by atoms with Crippen molar-refractivity contribution in [3.05, 3.63) is 17.7 Å². The van der Waals surface area contributed by atoms with Crippen molar-refractivity contribution in [2.75, 3.05) is 0 Å². The minimum atomic E-state index is -1.29. The van der Waals surface area contributed by atoms with Gasteiger partial charge in [0.15, 0.2) is 17.2 Å². The molecule has 0 bridgehead atoms. The predicted molar refractivity (Wildman–Crippen MR) is 48.9 cm³/mol. The third-order valence-corrected chi connectivity index (χ3v) is 1.32. The van der Waals surface area contributed by atoms with Crippen LogP contribution in [-0.4, -0.2) is 75.3 Å². The van der Waals surface area contributed by atoms with Crippen molar-refractivity contribution in [1.29, 1.82) is 0 Å². The maximum absolute atomic E-state index is 10.3. The Balaban J connectivity index is -0.000000180. The quantitative estimate of drug-likeness (QED) is 0.444. The van der Waals surface area contributed by atoms with Gasteiger partial charge in [0.2, 0.25) is 0 Å². The molecule has 0 fully saturated rings. The molecular weight excluding hydrogens is 320 g/mol. The number of carbonyl (C=O) groups is 1. The van der Waals surface area contributed by atoms with Gasteiger partial charge >= 0.3 is 54.9 Å². The molecule has 0 saturated heterocycles. The number of halogens is 1. The fraction of sp³-hybridized carbons (Fsp3) is 0. The number of phenolic OH excluding ortho intramolecular Hbond substituents is 3. The van der Waals surface area contributed by atoms with E-state index in [4.69, 9.17) is 20.4 Å². The molecule has 0 spiro atoms. The molecule has 1 rings (SSSR count). The number of aromatic carboxylic acids is 1. The summed E-state index contributed by atoms with van der Waals surface area (Å²) in [4.78, 5) is 10.3. The van der Waals surface area contributed by atoms with Crippen LogP contribution in [0.3, 0.4) is 0 Å². The molecule has 0 aromatic heterocycles. The van der Waals surface area contributed by atoms with Crippen molar-refractivity contribution in [3.8, 4) is 17.2 Å². The number of hydrogen-bond acceptors (Lipinski definition) is 4. The van der Waals surface area contributed by atoms with Crippen LogP contribution in [0.25, 0.3) is 0 Å². The van der Waals surface area contributed by atoms with Crippen molar-refractivity contribution < 1.29 is 32.8 Å². The van der Waals surface area contributed by atoms with Gasteiger partial charge in [-0.2, -0.15) is 0 Å². The topological polar surface area (TPSA) is 98.0 Å². The van der Waals surface area contributed by atoms with E-state index in [1.54, 1.807) is 0 Å². The van der Waals surface area contributed by atoms with E-state index in [0.717, 1.165) is 12.1 Å². The fourth-order valence-electron chi connectivity index (χ4n) is 0.728. The molecule has 0 atom stereocenters. The van der Waals surface area contributed by atoms with E-state index in [-0.39, 0.29) is 62.0 Å². The molecule has 0 heterocycles. The number of aromatic hydroxyl groups is 3. The first-order valence-corrected chi connectivity index (χ1v) is 3.00. The van der Waals surface area contributed by atoms with E-state index >= 15 is 0 Å². The molecule has 0 unspecified atom stereocenters. The Labute approximate surface area is 121 Å². The first-order chi connectivity index (χ1) is 5.52. The van der Waals surface area contributed by atoms with Crippen LogP contribution in [0.4, 0.5) is 4.70 Å². The van der Waals surface area contributed by atoms with Gasteiger partial charge in [0.1, 0.15) is 0 Å². The number of rotatable bonds is 1. The molecule has 14 heavy (non-hydrogen) atoms. The first-order valence-electron chi connectivity index (χ1n) is 3.00. The number of carboxylic acid groups (broad SMARTS) is 1. The van der Waals surface area contributed by atoms with E-state index in [1.165, 1.54) is 0 Å². The maximum atomic E-state index is 10.3. The fourth-order valence-corrected chi connectivity index (χ4v) is 0.728. The second-order valence-electron chi connectivity index (χ2n) is 2.17.